The summed E-state index contributed by atoms with van der Waals surface area (Å²) in [4.78, 5) is 6.70. The molecule has 0 bridgehead atoms. The second kappa shape index (κ2) is 11.5. The molecule has 2 aromatic heterocycles. The minimum Gasteiger partial charge on any atom is -0.363 e. The highest BCUT2D eigenvalue weighted by atomic mass is 127. The molecule has 0 amide bonds. The Bertz CT molecular complexity index is 848. The highest BCUT2D eigenvalue weighted by Crippen LogP contribution is 2.24. The number of sulfonamides is 1. The Morgan fingerprint density at radius 3 is 2.52 bits per heavy atom. The van der Waals surface area contributed by atoms with Crippen molar-refractivity contribution < 1.29 is 8.42 Å². The van der Waals surface area contributed by atoms with Crippen LogP contribution in [-0.2, 0) is 10.0 Å². The summed E-state index contributed by atoms with van der Waals surface area (Å²) in [7, 11) is -0.0655. The van der Waals surface area contributed by atoms with Crippen LogP contribution in [0.2, 0.25) is 0 Å². The molecule has 7 nitrogen and oxygen atoms in total. The smallest absolute Gasteiger partial charge is 0.252 e. The summed E-state index contributed by atoms with van der Waals surface area (Å²) >= 11 is 3.02. The van der Waals surface area contributed by atoms with E-state index in [-0.39, 0.29) is 24.0 Å². The van der Waals surface area contributed by atoms with Gasteiger partial charge in [-0.1, -0.05) is 6.07 Å². The molecule has 0 unspecified atom stereocenters. The van der Waals surface area contributed by atoms with Crippen molar-refractivity contribution in [2.75, 3.05) is 45.2 Å². The summed E-state index contributed by atoms with van der Waals surface area (Å²) in [5.41, 5.74) is 0. The number of likely N-dealkylation sites (N-methyl/N-ethyl adjacent to an activating group) is 1. The number of guanidine groups is 1. The molecule has 162 valence electrons. The summed E-state index contributed by atoms with van der Waals surface area (Å²) in [5.74, 6) is 0.719. The van der Waals surface area contributed by atoms with Crippen molar-refractivity contribution in [2.24, 2.45) is 4.99 Å². The number of hydrogen-bond acceptors (Lipinski definition) is 6. The lowest BCUT2D eigenvalue weighted by atomic mass is 10.1. The van der Waals surface area contributed by atoms with Gasteiger partial charge in [-0.25, -0.2) is 8.42 Å². The van der Waals surface area contributed by atoms with Crippen LogP contribution in [0.1, 0.15) is 12.8 Å². The standard InChI is InChI=1S/C18H27N5O2S3.HI/c1-19-18(20-9-12-22(2)28(24,25)17-6-4-14-27-17)21-15-7-10-23(11-8-15)16-5-3-13-26-16;/h3-6,13-15H,7-12H2,1-2H3,(H2,19,20,21);1H. The molecule has 3 heterocycles. The lowest BCUT2D eigenvalue weighted by molar-refractivity contribution is 0.454. The molecule has 1 aliphatic rings. The van der Waals surface area contributed by atoms with E-state index in [0.29, 0.717) is 23.3 Å². The van der Waals surface area contributed by atoms with Gasteiger partial charge in [0.25, 0.3) is 10.0 Å². The minimum atomic E-state index is -3.41. The fraction of sp³-hybridized carbons (Fsp3) is 0.500. The van der Waals surface area contributed by atoms with Gasteiger partial charge in [0.05, 0.1) is 5.00 Å². The fourth-order valence-corrected chi connectivity index (χ4v) is 6.26. The number of hydrogen-bond donors (Lipinski definition) is 2. The average molecular weight is 570 g/mol. The zero-order valence-corrected chi connectivity index (χ0v) is 21.4. The van der Waals surface area contributed by atoms with Crippen molar-refractivity contribution in [2.45, 2.75) is 23.1 Å². The van der Waals surface area contributed by atoms with Crippen LogP contribution in [0.25, 0.3) is 0 Å². The van der Waals surface area contributed by atoms with Gasteiger partial charge >= 0.3 is 0 Å². The third-order valence-electron chi connectivity index (χ3n) is 4.76. The van der Waals surface area contributed by atoms with Gasteiger partial charge in [-0.05, 0) is 41.8 Å². The topological polar surface area (TPSA) is 77.0 Å². The monoisotopic (exact) mass is 569 g/mol. The second-order valence-electron chi connectivity index (χ2n) is 6.61. The van der Waals surface area contributed by atoms with Crippen molar-refractivity contribution in [3.63, 3.8) is 0 Å². The van der Waals surface area contributed by atoms with E-state index in [1.165, 1.54) is 20.6 Å². The molecule has 1 saturated heterocycles. The van der Waals surface area contributed by atoms with Crippen LogP contribution in [0.4, 0.5) is 5.00 Å². The highest BCUT2D eigenvalue weighted by Gasteiger charge is 2.22. The van der Waals surface area contributed by atoms with Crippen LogP contribution in [0.5, 0.6) is 0 Å². The predicted octanol–water partition coefficient (Wildman–Crippen LogP) is 2.88. The van der Waals surface area contributed by atoms with Gasteiger partial charge < -0.3 is 15.5 Å². The number of nitrogens with zero attached hydrogens (tertiary/aromatic N) is 3. The lowest BCUT2D eigenvalue weighted by Crippen LogP contribution is -2.49. The maximum atomic E-state index is 12.4. The van der Waals surface area contributed by atoms with Crippen molar-refractivity contribution in [3.05, 3.63) is 35.0 Å². The molecule has 0 spiro atoms. The van der Waals surface area contributed by atoms with Gasteiger partial charge in [-0.15, -0.1) is 46.7 Å². The summed E-state index contributed by atoms with van der Waals surface area (Å²) < 4.78 is 26.6. The third kappa shape index (κ3) is 6.54. The Morgan fingerprint density at radius 2 is 1.93 bits per heavy atom. The molecule has 1 fully saturated rings. The Balaban J connectivity index is 0.00000300. The van der Waals surface area contributed by atoms with E-state index in [1.54, 1.807) is 42.9 Å². The number of rotatable bonds is 7. The first-order valence-electron chi connectivity index (χ1n) is 9.26. The minimum absolute atomic E-state index is 0. The molecule has 3 rings (SSSR count). The number of halogens is 1. The summed E-state index contributed by atoms with van der Waals surface area (Å²) in [6.45, 7) is 2.92. The van der Waals surface area contributed by atoms with E-state index in [1.807, 2.05) is 0 Å². The van der Waals surface area contributed by atoms with Crippen LogP contribution < -0.4 is 15.5 Å². The van der Waals surface area contributed by atoms with Crippen LogP contribution in [0, 0.1) is 0 Å². The van der Waals surface area contributed by atoms with E-state index in [0.717, 1.165) is 31.9 Å². The SMILES string of the molecule is CN=C(NCCN(C)S(=O)(=O)c1cccs1)NC1CCN(c2cccs2)CC1.I. The average Bonchev–Trinajstić information content (AvgIpc) is 3.41. The number of nitrogens with one attached hydrogen (secondary N) is 2. The van der Waals surface area contributed by atoms with Crippen molar-refractivity contribution in [1.82, 2.24) is 14.9 Å². The number of anilines is 1. The molecular formula is C18H28IN5O2S3. The molecule has 0 atom stereocenters. The largest absolute Gasteiger partial charge is 0.363 e. The van der Waals surface area contributed by atoms with Gasteiger partial charge in [-0.3, -0.25) is 4.99 Å². The highest BCUT2D eigenvalue weighted by molar-refractivity contribution is 14.0. The second-order valence-corrected chi connectivity index (χ2v) is 10.8. The Hall–Kier alpha value is -0.890. The molecule has 2 N–H and O–H groups in total. The Kier molecular flexibility index (Phi) is 9.66. The molecule has 2 aromatic rings. The Morgan fingerprint density at radius 1 is 1.24 bits per heavy atom. The van der Waals surface area contributed by atoms with E-state index in [4.69, 9.17) is 0 Å². The molecule has 29 heavy (non-hydrogen) atoms. The molecule has 0 aromatic carbocycles. The van der Waals surface area contributed by atoms with Crippen LogP contribution in [0.3, 0.4) is 0 Å². The van der Waals surface area contributed by atoms with E-state index in [9.17, 15) is 8.42 Å². The molecule has 1 aliphatic heterocycles. The molecule has 0 saturated carbocycles. The third-order valence-corrected chi connectivity index (χ3v) is 8.91. The first-order valence-corrected chi connectivity index (χ1v) is 12.5. The van der Waals surface area contributed by atoms with Gasteiger partial charge in [0, 0.05) is 46.3 Å². The normalized spacial score (nSPS) is 16.0. The van der Waals surface area contributed by atoms with Gasteiger partial charge in [0.1, 0.15) is 4.21 Å². The van der Waals surface area contributed by atoms with Gasteiger partial charge in [0.2, 0.25) is 0 Å². The summed E-state index contributed by atoms with van der Waals surface area (Å²) in [6.07, 6.45) is 2.09. The zero-order chi connectivity index (χ0) is 20.0. The van der Waals surface area contributed by atoms with Crippen molar-refractivity contribution in [3.8, 4) is 0 Å². The first-order chi connectivity index (χ1) is 13.5. The Labute approximate surface area is 198 Å². The van der Waals surface area contributed by atoms with Gasteiger partial charge in [0.15, 0.2) is 5.96 Å². The fourth-order valence-electron chi connectivity index (χ4n) is 3.10. The molecular weight excluding hydrogens is 541 g/mol. The maximum absolute atomic E-state index is 12.4. The van der Waals surface area contributed by atoms with Crippen LogP contribution in [0.15, 0.2) is 44.2 Å². The van der Waals surface area contributed by atoms with E-state index >= 15 is 0 Å². The maximum Gasteiger partial charge on any atom is 0.252 e. The lowest BCUT2D eigenvalue weighted by Gasteiger charge is -2.33. The number of aliphatic imine (C=N–C) groups is 1. The number of thiophene rings is 2. The van der Waals surface area contributed by atoms with E-state index in [2.05, 4.69) is 38.0 Å². The molecule has 0 aliphatic carbocycles. The van der Waals surface area contributed by atoms with Gasteiger partial charge in [-0.2, -0.15) is 4.31 Å². The predicted molar refractivity (Wildman–Crippen MR) is 134 cm³/mol. The molecule has 0 radical (unpaired) electrons. The molecule has 11 heteroatoms. The van der Waals surface area contributed by atoms with E-state index < -0.39 is 10.0 Å². The summed E-state index contributed by atoms with van der Waals surface area (Å²) in [5, 5.41) is 11.9. The van der Waals surface area contributed by atoms with Crippen LogP contribution in [-0.4, -0.2) is 65.0 Å². The quantitative estimate of drug-likeness (QED) is 0.305. The van der Waals surface area contributed by atoms with Crippen molar-refractivity contribution >= 4 is 67.6 Å². The van der Waals surface area contributed by atoms with Crippen molar-refractivity contribution in [1.29, 1.82) is 0 Å². The summed E-state index contributed by atoms with van der Waals surface area (Å²) in [6, 6.07) is 8.01. The van der Waals surface area contributed by atoms with Crippen LogP contribution >= 0.6 is 46.7 Å². The first kappa shape index (κ1) is 24.4. The zero-order valence-electron chi connectivity index (χ0n) is 16.6. The number of piperidine rings is 1.